The molecule has 0 unspecified atom stereocenters. The molecule has 0 atom stereocenters. The SMILES string of the molecule is CC(C)C1(CN)OCCO1.O=C([O-])C1(C(=O)[O-])CC(O)C1.[Pt+2]. The van der Waals surface area contributed by atoms with Crippen LogP contribution in [0.5, 0.6) is 0 Å². The molecule has 0 aromatic rings. The second kappa shape index (κ2) is 8.36. The third kappa shape index (κ3) is 4.26. The molecule has 130 valence electrons. The van der Waals surface area contributed by atoms with E-state index >= 15 is 0 Å². The summed E-state index contributed by atoms with van der Waals surface area (Å²) in [4.78, 5) is 20.5. The quantitative estimate of drug-likeness (QED) is 0.390. The number of hydrogen-bond donors (Lipinski definition) is 2. The van der Waals surface area contributed by atoms with Crippen LogP contribution in [0.4, 0.5) is 0 Å². The first-order chi connectivity index (χ1) is 9.70. The van der Waals surface area contributed by atoms with Gasteiger partial charge in [-0.05, 0) is 12.8 Å². The summed E-state index contributed by atoms with van der Waals surface area (Å²) in [5, 5.41) is 29.2. The summed E-state index contributed by atoms with van der Waals surface area (Å²) in [5.74, 6) is -3.51. The average Bonchev–Trinajstić information content (AvgIpc) is 2.84. The standard InChI is InChI=1S/C7H15NO2.C6H8O5.Pt/c1-6(2)7(5-8)9-3-4-10-7;7-3-1-6(2-3,4(8)9)5(10)11;/h6H,3-5,8H2,1-2H3;3,7H,1-2H2,(H,8,9)(H,10,11);/q;;+2/p-2. The molecule has 8 nitrogen and oxygen atoms in total. The van der Waals surface area contributed by atoms with E-state index in [1.165, 1.54) is 0 Å². The Morgan fingerprint density at radius 1 is 1.23 bits per heavy atom. The molecule has 1 aliphatic carbocycles. The Labute approximate surface area is 143 Å². The van der Waals surface area contributed by atoms with E-state index in [0.29, 0.717) is 25.7 Å². The predicted octanol–water partition coefficient (Wildman–Crippen LogP) is -3.03. The first-order valence-corrected chi connectivity index (χ1v) is 6.79. The molecule has 1 saturated heterocycles. The van der Waals surface area contributed by atoms with Crippen molar-refractivity contribution in [3.05, 3.63) is 0 Å². The van der Waals surface area contributed by atoms with Crippen molar-refractivity contribution in [2.24, 2.45) is 17.1 Å². The number of carboxylic acids is 2. The predicted molar refractivity (Wildman–Crippen MR) is 66.2 cm³/mol. The van der Waals surface area contributed by atoms with Gasteiger partial charge in [-0.25, -0.2) is 0 Å². The molecule has 1 aliphatic heterocycles. The zero-order valence-electron chi connectivity index (χ0n) is 12.5. The number of aliphatic hydroxyl groups is 1. The van der Waals surface area contributed by atoms with E-state index < -0.39 is 29.2 Å². The van der Waals surface area contributed by atoms with Gasteiger partial charge in [0, 0.05) is 12.5 Å². The zero-order chi connectivity index (χ0) is 16.3. The maximum Gasteiger partial charge on any atom is 2.00 e. The minimum atomic E-state index is -1.95. The van der Waals surface area contributed by atoms with Crippen LogP contribution in [0.3, 0.4) is 0 Å². The summed E-state index contributed by atoms with van der Waals surface area (Å²) in [6, 6.07) is 0. The Kier molecular flexibility index (Phi) is 8.15. The van der Waals surface area contributed by atoms with Crippen LogP contribution in [0.25, 0.3) is 0 Å². The van der Waals surface area contributed by atoms with Crippen molar-refractivity contribution in [3.63, 3.8) is 0 Å². The molecule has 3 N–H and O–H groups in total. The van der Waals surface area contributed by atoms with Crippen LogP contribution < -0.4 is 15.9 Å². The molecule has 0 aromatic heterocycles. The van der Waals surface area contributed by atoms with Crippen molar-refractivity contribution < 1.29 is 55.4 Å². The number of ether oxygens (including phenoxy) is 2. The van der Waals surface area contributed by atoms with E-state index in [2.05, 4.69) is 13.8 Å². The molecule has 2 fully saturated rings. The summed E-state index contributed by atoms with van der Waals surface area (Å²) in [5.41, 5.74) is 3.57. The molecular formula is C13H21NO7Pt. The van der Waals surface area contributed by atoms with E-state index in [4.69, 9.17) is 20.3 Å². The Hall–Kier alpha value is -0.532. The number of nitrogens with two attached hydrogens (primary N) is 1. The van der Waals surface area contributed by atoms with Crippen LogP contribution in [0.2, 0.25) is 0 Å². The van der Waals surface area contributed by atoms with Gasteiger partial charge in [0.1, 0.15) is 0 Å². The second-order valence-corrected chi connectivity index (χ2v) is 5.59. The zero-order valence-corrected chi connectivity index (χ0v) is 14.8. The fourth-order valence-corrected chi connectivity index (χ4v) is 2.32. The molecule has 9 heteroatoms. The fraction of sp³-hybridized carbons (Fsp3) is 0.846. The minimum absolute atomic E-state index is 0. The monoisotopic (exact) mass is 498 g/mol. The summed E-state index contributed by atoms with van der Waals surface area (Å²) in [6.07, 6.45) is -1.47. The molecular weight excluding hydrogens is 477 g/mol. The van der Waals surface area contributed by atoms with Crippen molar-refractivity contribution in [1.29, 1.82) is 0 Å². The number of carbonyl (C=O) groups is 2. The van der Waals surface area contributed by atoms with Crippen LogP contribution >= 0.6 is 0 Å². The van der Waals surface area contributed by atoms with Crippen LogP contribution in [0, 0.1) is 11.3 Å². The first-order valence-electron chi connectivity index (χ1n) is 6.79. The van der Waals surface area contributed by atoms with E-state index in [0.717, 1.165) is 0 Å². The van der Waals surface area contributed by atoms with Crippen molar-refractivity contribution >= 4 is 11.9 Å². The van der Waals surface area contributed by atoms with E-state index in [-0.39, 0.29) is 33.9 Å². The molecule has 0 radical (unpaired) electrons. The molecule has 22 heavy (non-hydrogen) atoms. The number of rotatable bonds is 4. The molecule has 0 bridgehead atoms. The Balaban J connectivity index is 0.000000385. The van der Waals surface area contributed by atoms with E-state index in [9.17, 15) is 19.8 Å². The van der Waals surface area contributed by atoms with Gasteiger partial charge in [0.25, 0.3) is 0 Å². The molecule has 2 rings (SSSR count). The summed E-state index contributed by atoms with van der Waals surface area (Å²) < 4.78 is 10.8. The first kappa shape index (κ1) is 21.5. The third-order valence-corrected chi connectivity index (χ3v) is 3.89. The topological polar surface area (TPSA) is 145 Å². The second-order valence-electron chi connectivity index (χ2n) is 5.59. The maximum absolute atomic E-state index is 10.2. The van der Waals surface area contributed by atoms with Gasteiger partial charge in [-0.15, -0.1) is 0 Å². The van der Waals surface area contributed by atoms with Crippen LogP contribution in [-0.2, 0) is 40.1 Å². The number of carbonyl (C=O) groups excluding carboxylic acids is 2. The van der Waals surface area contributed by atoms with Crippen LogP contribution in [-0.4, -0.2) is 48.7 Å². The van der Waals surface area contributed by atoms with Crippen molar-refractivity contribution in [2.45, 2.75) is 38.6 Å². The Bertz CT molecular complexity index is 374. The third-order valence-electron chi connectivity index (χ3n) is 3.89. The van der Waals surface area contributed by atoms with Gasteiger partial charge in [-0.1, -0.05) is 13.8 Å². The van der Waals surface area contributed by atoms with E-state index in [1.54, 1.807) is 0 Å². The smallest absolute Gasteiger partial charge is 0.549 e. The number of hydrogen-bond acceptors (Lipinski definition) is 8. The van der Waals surface area contributed by atoms with Gasteiger partial charge in [0.2, 0.25) is 0 Å². The molecule has 1 heterocycles. The molecule has 0 aromatic carbocycles. The summed E-state index contributed by atoms with van der Waals surface area (Å²) in [6.45, 7) is 5.91. The van der Waals surface area contributed by atoms with Gasteiger partial charge in [0.05, 0.1) is 36.7 Å². The summed E-state index contributed by atoms with van der Waals surface area (Å²) >= 11 is 0. The normalized spacial score (nSPS) is 22.0. The van der Waals surface area contributed by atoms with Gasteiger partial charge in [-0.3, -0.25) is 0 Å². The van der Waals surface area contributed by atoms with Crippen molar-refractivity contribution in [2.75, 3.05) is 19.8 Å². The fourth-order valence-electron chi connectivity index (χ4n) is 2.32. The van der Waals surface area contributed by atoms with Gasteiger partial charge in [0.15, 0.2) is 5.79 Å². The van der Waals surface area contributed by atoms with Crippen molar-refractivity contribution in [3.8, 4) is 0 Å². The molecule has 0 spiro atoms. The maximum atomic E-state index is 10.2. The van der Waals surface area contributed by atoms with Crippen LogP contribution in [0.15, 0.2) is 0 Å². The Morgan fingerprint density at radius 3 is 1.77 bits per heavy atom. The molecule has 2 aliphatic rings. The van der Waals surface area contributed by atoms with Crippen molar-refractivity contribution in [1.82, 2.24) is 0 Å². The van der Waals surface area contributed by atoms with E-state index in [1.807, 2.05) is 0 Å². The van der Waals surface area contributed by atoms with Gasteiger partial charge in [-0.2, -0.15) is 0 Å². The number of carboxylic acid groups (broad SMARTS) is 2. The number of aliphatic hydroxyl groups excluding tert-OH is 1. The van der Waals surface area contributed by atoms with Crippen LogP contribution in [0.1, 0.15) is 26.7 Å². The largest absolute Gasteiger partial charge is 2.00 e. The minimum Gasteiger partial charge on any atom is -0.549 e. The Morgan fingerprint density at radius 2 is 1.64 bits per heavy atom. The van der Waals surface area contributed by atoms with Gasteiger partial charge < -0.3 is 40.1 Å². The molecule has 0 amide bonds. The number of aliphatic carboxylic acids is 2. The average molecular weight is 498 g/mol. The molecule has 1 saturated carbocycles. The van der Waals surface area contributed by atoms with Gasteiger partial charge >= 0.3 is 21.1 Å². The summed E-state index contributed by atoms with van der Waals surface area (Å²) in [7, 11) is 0.